The minimum Gasteiger partial charge on any atom is -0.480 e. The molecule has 0 bridgehead atoms. The van der Waals surface area contributed by atoms with Crippen LogP contribution in [0.1, 0.15) is 11.3 Å². The normalized spacial score (nSPS) is 16.8. The zero-order valence-electron chi connectivity index (χ0n) is 10.9. The molecule has 0 spiro atoms. The van der Waals surface area contributed by atoms with Crippen molar-refractivity contribution in [1.82, 2.24) is 0 Å². The van der Waals surface area contributed by atoms with Crippen LogP contribution in [0.25, 0.3) is 0 Å². The van der Waals surface area contributed by atoms with Gasteiger partial charge in [0, 0.05) is 12.1 Å². The summed E-state index contributed by atoms with van der Waals surface area (Å²) in [6, 6.07) is 9.50. The van der Waals surface area contributed by atoms with E-state index in [1.54, 1.807) is 4.90 Å². The molecule has 7 heteroatoms. The SMILES string of the molecule is O=C(O)C1Cc2ccccc2N1Cc1ccc([N+](=O)[O-])o1. The summed E-state index contributed by atoms with van der Waals surface area (Å²) < 4.78 is 5.12. The summed E-state index contributed by atoms with van der Waals surface area (Å²) in [5.41, 5.74) is 1.77. The highest BCUT2D eigenvalue weighted by atomic mass is 16.6. The van der Waals surface area contributed by atoms with Gasteiger partial charge in [0.05, 0.1) is 12.6 Å². The van der Waals surface area contributed by atoms with Crippen LogP contribution < -0.4 is 4.90 Å². The minimum absolute atomic E-state index is 0.182. The Morgan fingerprint density at radius 3 is 2.81 bits per heavy atom. The van der Waals surface area contributed by atoms with Gasteiger partial charge in [-0.15, -0.1) is 0 Å². The van der Waals surface area contributed by atoms with Crippen molar-refractivity contribution in [2.75, 3.05) is 4.90 Å². The van der Waals surface area contributed by atoms with Crippen molar-refractivity contribution < 1.29 is 19.2 Å². The number of fused-ring (bicyclic) bond motifs is 1. The number of carboxylic acids is 1. The standard InChI is InChI=1S/C14H12N2O5/c17-14(18)12-7-9-3-1-2-4-11(9)15(12)8-10-5-6-13(21-10)16(19)20/h1-6,12H,7-8H2,(H,17,18). The molecular formula is C14H12N2O5. The molecule has 7 nitrogen and oxygen atoms in total. The largest absolute Gasteiger partial charge is 0.480 e. The van der Waals surface area contributed by atoms with Gasteiger partial charge in [0.2, 0.25) is 0 Å². The summed E-state index contributed by atoms with van der Waals surface area (Å²) in [7, 11) is 0. The number of hydrogen-bond donors (Lipinski definition) is 1. The second kappa shape index (κ2) is 4.93. The molecule has 0 radical (unpaired) electrons. The van der Waals surface area contributed by atoms with Gasteiger partial charge < -0.3 is 14.4 Å². The smallest absolute Gasteiger partial charge is 0.433 e. The Balaban J connectivity index is 1.90. The van der Waals surface area contributed by atoms with Crippen molar-refractivity contribution in [3.05, 3.63) is 57.8 Å². The second-order valence-corrected chi connectivity index (χ2v) is 4.81. The van der Waals surface area contributed by atoms with Crippen LogP contribution in [0, 0.1) is 10.1 Å². The molecule has 1 aliphatic rings. The van der Waals surface area contributed by atoms with Gasteiger partial charge in [0.15, 0.2) is 0 Å². The lowest BCUT2D eigenvalue weighted by Crippen LogP contribution is -2.37. The Kier molecular flexibility index (Phi) is 3.09. The molecule has 1 atom stereocenters. The number of carbonyl (C=O) groups is 1. The molecule has 108 valence electrons. The molecule has 1 aromatic heterocycles. The van der Waals surface area contributed by atoms with E-state index in [1.165, 1.54) is 12.1 Å². The molecule has 0 aliphatic carbocycles. The van der Waals surface area contributed by atoms with E-state index in [2.05, 4.69) is 0 Å². The van der Waals surface area contributed by atoms with Gasteiger partial charge in [-0.2, -0.15) is 0 Å². The molecule has 2 heterocycles. The Morgan fingerprint density at radius 1 is 1.38 bits per heavy atom. The highest BCUT2D eigenvalue weighted by Gasteiger charge is 2.34. The van der Waals surface area contributed by atoms with Gasteiger partial charge in [0.25, 0.3) is 0 Å². The number of hydrogen-bond acceptors (Lipinski definition) is 5. The van der Waals surface area contributed by atoms with E-state index in [-0.39, 0.29) is 12.4 Å². The minimum atomic E-state index is -0.924. The van der Waals surface area contributed by atoms with E-state index in [0.717, 1.165) is 11.3 Å². The van der Waals surface area contributed by atoms with Crippen LogP contribution in [0.5, 0.6) is 0 Å². The topological polar surface area (TPSA) is 96.8 Å². The van der Waals surface area contributed by atoms with Crippen LogP contribution in [0.4, 0.5) is 11.6 Å². The summed E-state index contributed by atoms with van der Waals surface area (Å²) in [4.78, 5) is 23.1. The predicted octanol–water partition coefficient (Wildman–Crippen LogP) is 2.20. The monoisotopic (exact) mass is 288 g/mol. The Morgan fingerprint density at radius 2 is 2.14 bits per heavy atom. The molecule has 3 rings (SSSR count). The highest BCUT2D eigenvalue weighted by Crippen LogP contribution is 2.34. The zero-order valence-corrected chi connectivity index (χ0v) is 10.9. The van der Waals surface area contributed by atoms with Crippen molar-refractivity contribution >= 4 is 17.5 Å². The van der Waals surface area contributed by atoms with Gasteiger partial charge in [-0.1, -0.05) is 18.2 Å². The van der Waals surface area contributed by atoms with Gasteiger partial charge in [-0.05, 0) is 17.7 Å². The molecular weight excluding hydrogens is 276 g/mol. The zero-order chi connectivity index (χ0) is 15.0. The van der Waals surface area contributed by atoms with E-state index in [1.807, 2.05) is 24.3 Å². The Labute approximate surface area is 119 Å². The van der Waals surface area contributed by atoms with Gasteiger partial charge in [-0.25, -0.2) is 4.79 Å². The lowest BCUT2D eigenvalue weighted by atomic mass is 10.1. The number of benzene rings is 1. The van der Waals surface area contributed by atoms with Crippen LogP contribution in [0.3, 0.4) is 0 Å². The third-order valence-electron chi connectivity index (χ3n) is 3.53. The maximum absolute atomic E-state index is 11.4. The van der Waals surface area contributed by atoms with Gasteiger partial charge >= 0.3 is 11.9 Å². The molecule has 0 fully saturated rings. The van der Waals surface area contributed by atoms with E-state index in [4.69, 9.17) is 4.42 Å². The third kappa shape index (κ3) is 2.33. The van der Waals surface area contributed by atoms with Gasteiger partial charge in [0.1, 0.15) is 16.7 Å². The molecule has 0 amide bonds. The summed E-state index contributed by atoms with van der Waals surface area (Å²) >= 11 is 0. The number of aliphatic carboxylic acids is 1. The van der Waals surface area contributed by atoms with Crippen molar-refractivity contribution in [1.29, 1.82) is 0 Å². The fourth-order valence-electron chi connectivity index (χ4n) is 2.58. The lowest BCUT2D eigenvalue weighted by Gasteiger charge is -2.23. The summed E-state index contributed by atoms with van der Waals surface area (Å²) in [5.74, 6) is -0.902. The molecule has 0 saturated carbocycles. The van der Waals surface area contributed by atoms with E-state index >= 15 is 0 Å². The van der Waals surface area contributed by atoms with Crippen LogP contribution in [0.15, 0.2) is 40.8 Å². The first-order valence-electron chi connectivity index (χ1n) is 6.36. The number of anilines is 1. The van der Waals surface area contributed by atoms with Crippen molar-refractivity contribution in [2.24, 2.45) is 0 Å². The first kappa shape index (κ1) is 13.2. The summed E-state index contributed by atoms with van der Waals surface area (Å²) in [6.45, 7) is 0.182. The maximum Gasteiger partial charge on any atom is 0.433 e. The molecule has 1 N–H and O–H groups in total. The Bertz CT molecular complexity index is 709. The van der Waals surface area contributed by atoms with Crippen molar-refractivity contribution in [2.45, 2.75) is 19.0 Å². The average molecular weight is 288 g/mol. The van der Waals surface area contributed by atoms with E-state index in [0.29, 0.717) is 12.2 Å². The highest BCUT2D eigenvalue weighted by molar-refractivity contribution is 5.82. The number of nitrogens with zero attached hydrogens (tertiary/aromatic N) is 2. The number of carboxylic acid groups (broad SMARTS) is 1. The lowest BCUT2D eigenvalue weighted by molar-refractivity contribution is -0.402. The second-order valence-electron chi connectivity index (χ2n) is 4.81. The van der Waals surface area contributed by atoms with Crippen molar-refractivity contribution in [3.63, 3.8) is 0 Å². The first-order valence-corrected chi connectivity index (χ1v) is 6.36. The van der Waals surface area contributed by atoms with E-state index in [9.17, 15) is 20.0 Å². The first-order chi connectivity index (χ1) is 10.1. The number of furan rings is 1. The average Bonchev–Trinajstić information content (AvgIpc) is 3.05. The quantitative estimate of drug-likeness (QED) is 0.684. The molecule has 0 saturated heterocycles. The molecule has 1 unspecified atom stereocenters. The predicted molar refractivity (Wildman–Crippen MR) is 73.1 cm³/mol. The van der Waals surface area contributed by atoms with Gasteiger partial charge in [-0.3, -0.25) is 10.1 Å². The van der Waals surface area contributed by atoms with Crippen LogP contribution >= 0.6 is 0 Å². The van der Waals surface area contributed by atoms with Crippen LogP contribution in [0.2, 0.25) is 0 Å². The van der Waals surface area contributed by atoms with Crippen molar-refractivity contribution in [3.8, 4) is 0 Å². The van der Waals surface area contributed by atoms with Crippen LogP contribution in [-0.2, 0) is 17.8 Å². The number of para-hydroxylation sites is 1. The fraction of sp³-hybridized carbons (Fsp3) is 0.214. The molecule has 1 aromatic carbocycles. The Hall–Kier alpha value is -2.83. The molecule has 2 aromatic rings. The molecule has 1 aliphatic heterocycles. The number of rotatable bonds is 4. The number of nitro groups is 1. The van der Waals surface area contributed by atoms with E-state index < -0.39 is 16.9 Å². The summed E-state index contributed by atoms with van der Waals surface area (Å²) in [5, 5.41) is 20.0. The summed E-state index contributed by atoms with van der Waals surface area (Å²) in [6.07, 6.45) is 0.411. The maximum atomic E-state index is 11.4. The molecule has 21 heavy (non-hydrogen) atoms. The van der Waals surface area contributed by atoms with Crippen LogP contribution in [-0.4, -0.2) is 22.0 Å². The fourth-order valence-corrected chi connectivity index (χ4v) is 2.58. The third-order valence-corrected chi connectivity index (χ3v) is 3.53.